The number of benzene rings is 1. The van der Waals surface area contributed by atoms with Gasteiger partial charge >= 0.3 is 0 Å². The van der Waals surface area contributed by atoms with Crippen LogP contribution in [0.4, 0.5) is 0 Å². The molecule has 18 heavy (non-hydrogen) atoms. The second-order valence-corrected chi connectivity index (χ2v) is 6.53. The number of rotatable bonds is 2. The van der Waals surface area contributed by atoms with Crippen LogP contribution in [0.2, 0.25) is 0 Å². The molecule has 0 unspecified atom stereocenters. The maximum absolute atomic E-state index is 12.4. The van der Waals surface area contributed by atoms with Gasteiger partial charge < -0.3 is 4.98 Å². The van der Waals surface area contributed by atoms with E-state index in [0.29, 0.717) is 18.0 Å². The van der Waals surface area contributed by atoms with Crippen LogP contribution in [-0.4, -0.2) is 17.7 Å². The summed E-state index contributed by atoms with van der Waals surface area (Å²) in [5.74, 6) is 0. The first kappa shape index (κ1) is 11.5. The smallest absolute Gasteiger partial charge is 0.243 e. The molecule has 0 saturated carbocycles. The molecule has 0 spiro atoms. The van der Waals surface area contributed by atoms with Crippen LogP contribution in [0.3, 0.4) is 0 Å². The Balaban J connectivity index is 1.93. The van der Waals surface area contributed by atoms with Crippen LogP contribution in [0.5, 0.6) is 0 Å². The lowest BCUT2D eigenvalue weighted by molar-refractivity contribution is 0.430. The van der Waals surface area contributed by atoms with Gasteiger partial charge in [0.25, 0.3) is 0 Å². The third-order valence-corrected chi connectivity index (χ3v) is 5.09. The highest BCUT2D eigenvalue weighted by Crippen LogP contribution is 2.28. The van der Waals surface area contributed by atoms with E-state index in [9.17, 15) is 8.42 Å². The second-order valence-electron chi connectivity index (χ2n) is 4.59. The molecular weight excluding hydrogens is 248 g/mol. The number of H-pyrrole nitrogens is 1. The molecule has 1 N–H and O–H groups in total. The van der Waals surface area contributed by atoms with Gasteiger partial charge in [0.05, 0.1) is 4.90 Å². The second kappa shape index (κ2) is 3.96. The largest absolute Gasteiger partial charge is 0.367 e. The van der Waals surface area contributed by atoms with E-state index in [1.54, 1.807) is 12.1 Å². The number of aromatic nitrogens is 1. The third kappa shape index (κ3) is 1.76. The SMILES string of the molecule is Cc1ccc(S(=O)(=O)N2Cc3c[nH]cc3C2)cc1. The summed E-state index contributed by atoms with van der Waals surface area (Å²) in [6.07, 6.45) is 3.72. The quantitative estimate of drug-likeness (QED) is 0.900. The molecule has 0 saturated heterocycles. The lowest BCUT2D eigenvalue weighted by atomic mass is 10.2. The van der Waals surface area contributed by atoms with E-state index < -0.39 is 10.0 Å². The van der Waals surface area contributed by atoms with Gasteiger partial charge in [0.2, 0.25) is 10.0 Å². The van der Waals surface area contributed by atoms with Crippen molar-refractivity contribution in [3.05, 3.63) is 53.3 Å². The molecule has 0 aliphatic carbocycles. The van der Waals surface area contributed by atoms with Crippen molar-refractivity contribution < 1.29 is 8.42 Å². The summed E-state index contributed by atoms with van der Waals surface area (Å²) in [7, 11) is -3.37. The molecule has 4 nitrogen and oxygen atoms in total. The van der Waals surface area contributed by atoms with E-state index in [1.807, 2.05) is 31.5 Å². The van der Waals surface area contributed by atoms with Crippen molar-refractivity contribution in [1.29, 1.82) is 0 Å². The van der Waals surface area contributed by atoms with Crippen molar-refractivity contribution in [2.45, 2.75) is 24.9 Å². The van der Waals surface area contributed by atoms with Crippen LogP contribution < -0.4 is 0 Å². The summed E-state index contributed by atoms with van der Waals surface area (Å²) in [4.78, 5) is 3.36. The van der Waals surface area contributed by atoms with Gasteiger partial charge in [-0.25, -0.2) is 8.42 Å². The lowest BCUT2D eigenvalue weighted by Gasteiger charge is -2.15. The molecule has 1 aliphatic heterocycles. The summed E-state index contributed by atoms with van der Waals surface area (Å²) in [5, 5.41) is 0. The Morgan fingerprint density at radius 1 is 1.06 bits per heavy atom. The van der Waals surface area contributed by atoms with Gasteiger partial charge in [-0.1, -0.05) is 17.7 Å². The number of aromatic amines is 1. The normalized spacial score (nSPS) is 15.8. The van der Waals surface area contributed by atoms with Crippen LogP contribution in [0, 0.1) is 6.92 Å². The van der Waals surface area contributed by atoms with Gasteiger partial charge in [0.15, 0.2) is 0 Å². The summed E-state index contributed by atoms with van der Waals surface area (Å²) in [5.41, 5.74) is 3.18. The predicted octanol–water partition coefficient (Wildman–Crippen LogP) is 2.03. The number of nitrogens with one attached hydrogen (secondary N) is 1. The van der Waals surface area contributed by atoms with Crippen molar-refractivity contribution in [2.75, 3.05) is 0 Å². The van der Waals surface area contributed by atoms with Gasteiger partial charge in [0.1, 0.15) is 0 Å². The number of nitrogens with zero attached hydrogens (tertiary/aromatic N) is 1. The van der Waals surface area contributed by atoms with Gasteiger partial charge in [-0.15, -0.1) is 0 Å². The average Bonchev–Trinajstić information content (AvgIpc) is 2.89. The maximum atomic E-state index is 12.4. The lowest BCUT2D eigenvalue weighted by Crippen LogP contribution is -2.25. The molecular formula is C13H14N2O2S. The van der Waals surface area contributed by atoms with E-state index in [0.717, 1.165) is 16.7 Å². The Bertz CT molecular complexity index is 651. The van der Waals surface area contributed by atoms with Crippen molar-refractivity contribution in [1.82, 2.24) is 9.29 Å². The van der Waals surface area contributed by atoms with E-state index in [-0.39, 0.29) is 0 Å². The molecule has 2 heterocycles. The first-order valence-electron chi connectivity index (χ1n) is 5.79. The average molecular weight is 262 g/mol. The van der Waals surface area contributed by atoms with Crippen molar-refractivity contribution in [3.8, 4) is 0 Å². The molecule has 1 aromatic carbocycles. The molecule has 0 amide bonds. The molecule has 0 bridgehead atoms. The monoisotopic (exact) mass is 262 g/mol. The standard InChI is InChI=1S/C13H14N2O2S/c1-10-2-4-13(5-3-10)18(16,17)15-8-11-6-14-7-12(11)9-15/h2-7,14H,8-9H2,1H3. The molecule has 0 radical (unpaired) electrons. The van der Waals surface area contributed by atoms with E-state index >= 15 is 0 Å². The van der Waals surface area contributed by atoms with Gasteiger partial charge in [0, 0.05) is 25.5 Å². The Kier molecular flexibility index (Phi) is 2.53. The van der Waals surface area contributed by atoms with Gasteiger partial charge in [-0.3, -0.25) is 0 Å². The summed E-state index contributed by atoms with van der Waals surface area (Å²) >= 11 is 0. The summed E-state index contributed by atoms with van der Waals surface area (Å²) in [6, 6.07) is 6.98. The molecule has 1 aromatic heterocycles. The number of fused-ring (bicyclic) bond motifs is 1. The van der Waals surface area contributed by atoms with Crippen LogP contribution in [0.1, 0.15) is 16.7 Å². The molecule has 94 valence electrons. The third-order valence-electron chi connectivity index (χ3n) is 3.28. The fourth-order valence-electron chi connectivity index (χ4n) is 2.19. The zero-order valence-corrected chi connectivity index (χ0v) is 10.9. The number of hydrogen-bond acceptors (Lipinski definition) is 2. The topological polar surface area (TPSA) is 53.2 Å². The minimum absolute atomic E-state index is 0.363. The van der Waals surface area contributed by atoms with Crippen molar-refractivity contribution in [2.24, 2.45) is 0 Å². The fourth-order valence-corrected chi connectivity index (χ4v) is 3.58. The Hall–Kier alpha value is -1.59. The highest BCUT2D eigenvalue weighted by atomic mass is 32.2. The van der Waals surface area contributed by atoms with Gasteiger partial charge in [-0.2, -0.15) is 4.31 Å². The first-order valence-corrected chi connectivity index (χ1v) is 7.23. The molecule has 0 fully saturated rings. The number of sulfonamides is 1. The van der Waals surface area contributed by atoms with E-state index in [2.05, 4.69) is 4.98 Å². The molecule has 1 aliphatic rings. The first-order chi connectivity index (χ1) is 8.57. The minimum Gasteiger partial charge on any atom is -0.367 e. The molecule has 5 heteroatoms. The molecule has 0 atom stereocenters. The zero-order chi connectivity index (χ0) is 12.8. The fraction of sp³-hybridized carbons (Fsp3) is 0.231. The zero-order valence-electron chi connectivity index (χ0n) is 10.1. The highest BCUT2D eigenvalue weighted by Gasteiger charge is 2.30. The van der Waals surface area contributed by atoms with Crippen molar-refractivity contribution in [3.63, 3.8) is 0 Å². The Morgan fingerprint density at radius 2 is 1.61 bits per heavy atom. The minimum atomic E-state index is -3.37. The van der Waals surface area contributed by atoms with Crippen LogP contribution in [0.25, 0.3) is 0 Å². The van der Waals surface area contributed by atoms with Crippen LogP contribution in [-0.2, 0) is 23.1 Å². The van der Waals surface area contributed by atoms with E-state index in [1.165, 1.54) is 4.31 Å². The van der Waals surface area contributed by atoms with Gasteiger partial charge in [-0.05, 0) is 30.2 Å². The maximum Gasteiger partial charge on any atom is 0.243 e. The van der Waals surface area contributed by atoms with Crippen LogP contribution in [0.15, 0.2) is 41.6 Å². The predicted molar refractivity (Wildman–Crippen MR) is 68.4 cm³/mol. The number of aryl methyl sites for hydroxylation is 1. The highest BCUT2D eigenvalue weighted by molar-refractivity contribution is 7.89. The van der Waals surface area contributed by atoms with Crippen LogP contribution >= 0.6 is 0 Å². The van der Waals surface area contributed by atoms with E-state index in [4.69, 9.17) is 0 Å². The van der Waals surface area contributed by atoms with Crippen molar-refractivity contribution >= 4 is 10.0 Å². The Morgan fingerprint density at radius 3 is 2.17 bits per heavy atom. The Labute approximate surface area is 106 Å². The molecule has 3 rings (SSSR count). The number of hydrogen-bond donors (Lipinski definition) is 1. The summed E-state index contributed by atoms with van der Waals surface area (Å²) in [6.45, 7) is 2.85. The summed E-state index contributed by atoms with van der Waals surface area (Å²) < 4.78 is 26.4. The molecule has 2 aromatic rings.